The summed E-state index contributed by atoms with van der Waals surface area (Å²) in [5.74, 6) is 0. The topological polar surface area (TPSA) is 12.9 Å². The first kappa shape index (κ1) is 11.0. The number of benzene rings is 2. The van der Waals surface area contributed by atoms with Gasteiger partial charge in [0.15, 0.2) is 0 Å². The van der Waals surface area contributed by atoms with Gasteiger partial charge >= 0.3 is 0 Å². The summed E-state index contributed by atoms with van der Waals surface area (Å²) in [6.07, 6.45) is 6.12. The normalized spacial score (nSPS) is 11.7. The molecule has 1 nitrogen and oxygen atoms in total. The zero-order valence-corrected chi connectivity index (χ0v) is 10.6. The van der Waals surface area contributed by atoms with Gasteiger partial charge in [0.2, 0.25) is 0 Å². The smallest absolute Gasteiger partial charge is 0.0743 e. The molecule has 3 rings (SSSR count). The number of aromatic nitrogens is 1. The molecule has 88 valence electrons. The van der Waals surface area contributed by atoms with Crippen molar-refractivity contribution < 1.29 is 0 Å². The Morgan fingerprint density at radius 2 is 1.67 bits per heavy atom. The molecule has 0 fully saturated rings. The molecule has 1 heterocycles. The number of pyridine rings is 1. The van der Waals surface area contributed by atoms with Crippen LogP contribution in [0.15, 0.2) is 48.7 Å². The lowest BCUT2D eigenvalue weighted by Crippen LogP contribution is -1.90. The van der Waals surface area contributed by atoms with E-state index in [9.17, 15) is 0 Å². The quantitative estimate of drug-likeness (QED) is 0.554. The lowest BCUT2D eigenvalue weighted by atomic mass is 9.95. The Hall–Kier alpha value is -2.15. The van der Waals surface area contributed by atoms with E-state index in [-0.39, 0.29) is 0 Å². The van der Waals surface area contributed by atoms with Gasteiger partial charge < -0.3 is 0 Å². The van der Waals surface area contributed by atoms with Crippen molar-refractivity contribution in [1.29, 1.82) is 0 Å². The highest BCUT2D eigenvalue weighted by Gasteiger charge is 2.09. The number of hydrogen-bond donors (Lipinski definition) is 0. The molecular weight excluding hydrogens is 218 g/mol. The SMILES string of the molecule is C/C=C\c1c(C)c2ncccc2c2ccccc12. The van der Waals surface area contributed by atoms with E-state index < -0.39 is 0 Å². The zero-order chi connectivity index (χ0) is 12.5. The maximum absolute atomic E-state index is 4.54. The maximum atomic E-state index is 4.54. The van der Waals surface area contributed by atoms with Crippen molar-refractivity contribution in [3.8, 4) is 0 Å². The average Bonchev–Trinajstić information content (AvgIpc) is 2.43. The fraction of sp³-hybridized carbons (Fsp3) is 0.118. The molecule has 0 unspecified atom stereocenters. The summed E-state index contributed by atoms with van der Waals surface area (Å²) in [6.45, 7) is 4.20. The Balaban J connectivity index is 2.62. The van der Waals surface area contributed by atoms with Crippen LogP contribution in [0.1, 0.15) is 18.1 Å². The van der Waals surface area contributed by atoms with Gasteiger partial charge in [-0.1, -0.05) is 42.5 Å². The number of rotatable bonds is 1. The monoisotopic (exact) mass is 233 g/mol. The highest BCUT2D eigenvalue weighted by Crippen LogP contribution is 2.31. The van der Waals surface area contributed by atoms with Crippen molar-refractivity contribution in [2.45, 2.75) is 13.8 Å². The van der Waals surface area contributed by atoms with E-state index >= 15 is 0 Å². The van der Waals surface area contributed by atoms with E-state index in [1.54, 1.807) is 0 Å². The third kappa shape index (κ3) is 1.52. The van der Waals surface area contributed by atoms with Gasteiger partial charge in [-0.15, -0.1) is 0 Å². The molecule has 0 aliphatic carbocycles. The third-order valence-corrected chi connectivity index (χ3v) is 3.41. The third-order valence-electron chi connectivity index (χ3n) is 3.41. The lowest BCUT2D eigenvalue weighted by molar-refractivity contribution is 1.37. The molecule has 0 bridgehead atoms. The fourth-order valence-electron chi connectivity index (χ4n) is 2.59. The Bertz CT molecular complexity index is 754. The predicted octanol–water partition coefficient (Wildman–Crippen LogP) is 4.73. The molecule has 0 N–H and O–H groups in total. The van der Waals surface area contributed by atoms with Crippen molar-refractivity contribution in [3.63, 3.8) is 0 Å². The number of nitrogens with zero attached hydrogens (tertiary/aromatic N) is 1. The summed E-state index contributed by atoms with van der Waals surface area (Å²) >= 11 is 0. The second kappa shape index (κ2) is 4.26. The molecule has 0 radical (unpaired) electrons. The Kier molecular flexibility index (Phi) is 2.60. The fourth-order valence-corrected chi connectivity index (χ4v) is 2.59. The summed E-state index contributed by atoms with van der Waals surface area (Å²) in [7, 11) is 0. The van der Waals surface area contributed by atoms with Crippen molar-refractivity contribution in [2.24, 2.45) is 0 Å². The Labute approximate surface area is 107 Å². The molecule has 18 heavy (non-hydrogen) atoms. The van der Waals surface area contributed by atoms with E-state index in [0.717, 1.165) is 5.52 Å². The first-order chi connectivity index (χ1) is 8.83. The second-order valence-electron chi connectivity index (χ2n) is 4.48. The molecule has 0 aliphatic heterocycles. The van der Waals surface area contributed by atoms with Gasteiger partial charge in [0.1, 0.15) is 0 Å². The van der Waals surface area contributed by atoms with Crippen molar-refractivity contribution in [3.05, 3.63) is 59.8 Å². The lowest BCUT2D eigenvalue weighted by Gasteiger charge is -2.11. The largest absolute Gasteiger partial charge is 0.256 e. The Morgan fingerprint density at radius 3 is 2.44 bits per heavy atom. The van der Waals surface area contributed by atoms with Gasteiger partial charge in [-0.3, -0.25) is 4.98 Å². The number of hydrogen-bond acceptors (Lipinski definition) is 1. The van der Waals surface area contributed by atoms with E-state index in [4.69, 9.17) is 0 Å². The van der Waals surface area contributed by atoms with Crippen LogP contribution >= 0.6 is 0 Å². The first-order valence-corrected chi connectivity index (χ1v) is 6.21. The maximum Gasteiger partial charge on any atom is 0.0743 e. The van der Waals surface area contributed by atoms with Crippen LogP contribution in [0.3, 0.4) is 0 Å². The minimum Gasteiger partial charge on any atom is -0.256 e. The average molecular weight is 233 g/mol. The minimum absolute atomic E-state index is 1.10. The van der Waals surface area contributed by atoms with Gasteiger partial charge in [-0.05, 0) is 41.8 Å². The molecule has 0 aliphatic rings. The molecule has 0 atom stereocenters. The molecule has 2 aromatic carbocycles. The van der Waals surface area contributed by atoms with E-state index in [2.05, 4.69) is 61.3 Å². The van der Waals surface area contributed by atoms with E-state index in [0.29, 0.717) is 0 Å². The summed E-state index contributed by atoms with van der Waals surface area (Å²) in [4.78, 5) is 4.54. The van der Waals surface area contributed by atoms with Crippen LogP contribution in [0, 0.1) is 6.92 Å². The Morgan fingerprint density at radius 1 is 0.944 bits per heavy atom. The molecule has 3 aromatic rings. The molecular formula is C17H15N. The van der Waals surface area contributed by atoms with Crippen LogP contribution in [0.2, 0.25) is 0 Å². The molecule has 0 spiro atoms. The summed E-state index contributed by atoms with van der Waals surface area (Å²) < 4.78 is 0. The van der Waals surface area contributed by atoms with Crippen LogP contribution in [-0.2, 0) is 0 Å². The highest BCUT2D eigenvalue weighted by atomic mass is 14.6. The second-order valence-corrected chi connectivity index (χ2v) is 4.48. The van der Waals surface area contributed by atoms with Crippen LogP contribution in [0.5, 0.6) is 0 Å². The van der Waals surface area contributed by atoms with Crippen LogP contribution in [0.25, 0.3) is 27.8 Å². The van der Waals surface area contributed by atoms with Crippen molar-refractivity contribution in [2.75, 3.05) is 0 Å². The van der Waals surface area contributed by atoms with Crippen LogP contribution in [0.4, 0.5) is 0 Å². The van der Waals surface area contributed by atoms with E-state index in [1.165, 1.54) is 27.3 Å². The minimum atomic E-state index is 1.10. The summed E-state index contributed by atoms with van der Waals surface area (Å²) in [5, 5.41) is 3.81. The number of fused-ring (bicyclic) bond motifs is 3. The highest BCUT2D eigenvalue weighted by molar-refractivity contribution is 6.11. The molecule has 1 heteroatoms. The predicted molar refractivity (Wildman–Crippen MR) is 78.7 cm³/mol. The summed E-state index contributed by atoms with van der Waals surface area (Å²) in [5.41, 5.74) is 3.63. The first-order valence-electron chi connectivity index (χ1n) is 6.21. The zero-order valence-electron chi connectivity index (χ0n) is 10.6. The molecule has 0 amide bonds. The standard InChI is InChI=1S/C17H15N/c1-3-7-13-12(2)17-16(10-6-11-18-17)15-9-5-4-8-14(13)15/h3-11H,1-2H3/b7-3-. The molecule has 0 saturated carbocycles. The van der Waals surface area contributed by atoms with Gasteiger partial charge in [0.25, 0.3) is 0 Å². The molecule has 0 saturated heterocycles. The van der Waals surface area contributed by atoms with Gasteiger partial charge in [0.05, 0.1) is 5.52 Å². The molecule has 1 aromatic heterocycles. The van der Waals surface area contributed by atoms with Crippen molar-refractivity contribution in [1.82, 2.24) is 4.98 Å². The van der Waals surface area contributed by atoms with Gasteiger partial charge in [-0.2, -0.15) is 0 Å². The van der Waals surface area contributed by atoms with Crippen LogP contribution < -0.4 is 0 Å². The number of aryl methyl sites for hydroxylation is 1. The summed E-state index contributed by atoms with van der Waals surface area (Å²) in [6, 6.07) is 12.7. The van der Waals surface area contributed by atoms with Gasteiger partial charge in [-0.25, -0.2) is 0 Å². The van der Waals surface area contributed by atoms with Crippen LogP contribution in [-0.4, -0.2) is 4.98 Å². The van der Waals surface area contributed by atoms with E-state index in [1.807, 2.05) is 12.3 Å². The number of allylic oxidation sites excluding steroid dienone is 1. The van der Waals surface area contributed by atoms with Crippen molar-refractivity contribution >= 4 is 27.8 Å². The van der Waals surface area contributed by atoms with Gasteiger partial charge in [0, 0.05) is 11.6 Å².